The second kappa shape index (κ2) is 9.92. The summed E-state index contributed by atoms with van der Waals surface area (Å²) in [5.74, 6) is 0.260. The van der Waals surface area contributed by atoms with Crippen molar-refractivity contribution in [1.29, 1.82) is 0 Å². The highest BCUT2D eigenvalue weighted by molar-refractivity contribution is 6.30. The van der Waals surface area contributed by atoms with Crippen LogP contribution in [0.1, 0.15) is 54.4 Å². The molecule has 1 aliphatic rings. The van der Waals surface area contributed by atoms with E-state index in [4.69, 9.17) is 21.1 Å². The monoisotopic (exact) mass is 436 g/mol. The molecule has 160 valence electrons. The van der Waals surface area contributed by atoms with Crippen LogP contribution in [0.5, 0.6) is 5.88 Å². The van der Waals surface area contributed by atoms with Crippen LogP contribution in [-0.2, 0) is 4.74 Å². The molecule has 1 aliphatic carbocycles. The summed E-state index contributed by atoms with van der Waals surface area (Å²) >= 11 is 6.15. The fraction of sp³-hybridized carbons (Fsp3) is 0.320. The van der Waals surface area contributed by atoms with Crippen LogP contribution in [0.15, 0.2) is 60.7 Å². The lowest BCUT2D eigenvalue weighted by Gasteiger charge is -2.29. The molecule has 3 aromatic rings. The third-order valence-electron chi connectivity index (χ3n) is 5.60. The first-order valence-electron chi connectivity index (χ1n) is 10.7. The smallest absolute Gasteiger partial charge is 0.343 e. The minimum atomic E-state index is -0.447. The van der Waals surface area contributed by atoms with Crippen LogP contribution in [0.25, 0.3) is 11.3 Å². The van der Waals surface area contributed by atoms with Crippen LogP contribution in [0.3, 0.4) is 0 Å². The number of aromatic nitrogens is 2. The number of hydrogen-bond acceptors (Lipinski definition) is 5. The molecule has 0 N–H and O–H groups in total. The van der Waals surface area contributed by atoms with Gasteiger partial charge in [-0.05, 0) is 62.3 Å². The number of ether oxygens (including phenoxy) is 2. The topological polar surface area (TPSA) is 61.3 Å². The van der Waals surface area contributed by atoms with Gasteiger partial charge in [0.05, 0.1) is 12.3 Å². The molecule has 1 saturated carbocycles. The van der Waals surface area contributed by atoms with E-state index in [0.29, 0.717) is 17.2 Å². The van der Waals surface area contributed by atoms with Gasteiger partial charge in [-0.3, -0.25) is 0 Å². The van der Waals surface area contributed by atoms with E-state index in [1.165, 1.54) is 5.56 Å². The minimum Gasteiger partial charge on any atom is -0.473 e. The Morgan fingerprint density at radius 2 is 1.77 bits per heavy atom. The molecule has 1 heterocycles. The normalized spacial score (nSPS) is 18.4. The zero-order valence-corrected chi connectivity index (χ0v) is 18.2. The lowest BCUT2D eigenvalue weighted by Crippen LogP contribution is -2.25. The van der Waals surface area contributed by atoms with Gasteiger partial charge in [0.2, 0.25) is 5.88 Å². The largest absolute Gasteiger partial charge is 0.473 e. The van der Waals surface area contributed by atoms with Crippen LogP contribution in [-0.4, -0.2) is 28.9 Å². The Hall–Kier alpha value is -2.92. The van der Waals surface area contributed by atoms with Crippen molar-refractivity contribution in [2.45, 2.75) is 44.6 Å². The summed E-state index contributed by atoms with van der Waals surface area (Å²) in [5.41, 5.74) is 3.08. The van der Waals surface area contributed by atoms with Crippen LogP contribution in [0.2, 0.25) is 5.02 Å². The highest BCUT2D eigenvalue weighted by atomic mass is 35.5. The van der Waals surface area contributed by atoms with E-state index in [1.807, 2.05) is 48.5 Å². The van der Waals surface area contributed by atoms with Gasteiger partial charge in [0.15, 0.2) is 0 Å². The molecule has 0 amide bonds. The highest BCUT2D eigenvalue weighted by Gasteiger charge is 2.26. The lowest BCUT2D eigenvalue weighted by molar-refractivity contribution is 0.0513. The molecule has 0 bridgehead atoms. The number of rotatable bonds is 6. The molecule has 31 heavy (non-hydrogen) atoms. The maximum Gasteiger partial charge on any atom is 0.343 e. The van der Waals surface area contributed by atoms with Gasteiger partial charge in [0.25, 0.3) is 0 Å². The van der Waals surface area contributed by atoms with E-state index in [-0.39, 0.29) is 18.6 Å². The third kappa shape index (κ3) is 5.23. The molecular weight excluding hydrogens is 412 g/mol. The van der Waals surface area contributed by atoms with E-state index in [0.717, 1.165) is 36.3 Å². The maximum atomic E-state index is 12.6. The second-order valence-electron chi connectivity index (χ2n) is 7.68. The molecule has 1 aromatic heterocycles. The summed E-state index contributed by atoms with van der Waals surface area (Å²) in [6, 6.07) is 19.4. The average molecular weight is 437 g/mol. The summed E-state index contributed by atoms with van der Waals surface area (Å²) in [7, 11) is 0. The van der Waals surface area contributed by atoms with E-state index in [2.05, 4.69) is 16.3 Å². The Kier molecular flexibility index (Phi) is 6.82. The van der Waals surface area contributed by atoms with E-state index >= 15 is 0 Å². The van der Waals surface area contributed by atoms with Gasteiger partial charge in [-0.25, -0.2) is 4.79 Å². The number of hydrogen-bond donors (Lipinski definition) is 0. The molecule has 6 heteroatoms. The first-order valence-corrected chi connectivity index (χ1v) is 11.0. The maximum absolute atomic E-state index is 12.6. The number of halogens is 1. The summed E-state index contributed by atoms with van der Waals surface area (Å²) in [6.07, 6.45) is 3.73. The highest BCUT2D eigenvalue weighted by Crippen LogP contribution is 2.35. The van der Waals surface area contributed by atoms with Crippen molar-refractivity contribution < 1.29 is 14.3 Å². The van der Waals surface area contributed by atoms with Gasteiger partial charge in [-0.2, -0.15) is 0 Å². The van der Waals surface area contributed by atoms with Crippen molar-refractivity contribution in [1.82, 2.24) is 10.2 Å². The summed E-state index contributed by atoms with van der Waals surface area (Å²) < 4.78 is 11.4. The van der Waals surface area contributed by atoms with E-state index in [9.17, 15) is 4.79 Å². The Bertz CT molecular complexity index is 1030. The van der Waals surface area contributed by atoms with E-state index < -0.39 is 5.97 Å². The number of carbonyl (C=O) groups excluding carboxylic acids is 1. The lowest BCUT2D eigenvalue weighted by atomic mass is 9.83. The number of esters is 1. The first kappa shape index (κ1) is 21.3. The molecule has 0 saturated heterocycles. The predicted molar refractivity (Wildman–Crippen MR) is 121 cm³/mol. The Morgan fingerprint density at radius 3 is 2.48 bits per heavy atom. The van der Waals surface area contributed by atoms with Crippen molar-refractivity contribution >= 4 is 17.6 Å². The summed E-state index contributed by atoms with van der Waals surface area (Å²) in [4.78, 5) is 12.6. The molecule has 2 aromatic carbocycles. The fourth-order valence-corrected chi connectivity index (χ4v) is 4.20. The SMILES string of the molecule is CCOC(=O)c1cc(-c2ccccc2)nnc1OC1CCC(c2cccc(Cl)c2)CC1. The van der Waals surface area contributed by atoms with Gasteiger partial charge >= 0.3 is 5.97 Å². The van der Waals surface area contributed by atoms with Crippen molar-refractivity contribution in [2.24, 2.45) is 0 Å². The molecule has 5 nitrogen and oxygen atoms in total. The van der Waals surface area contributed by atoms with Gasteiger partial charge in [-0.15, -0.1) is 10.2 Å². The quantitative estimate of drug-likeness (QED) is 0.438. The minimum absolute atomic E-state index is 0.0134. The Labute approximate surface area is 187 Å². The van der Waals surface area contributed by atoms with Gasteiger partial charge < -0.3 is 9.47 Å². The molecule has 0 atom stereocenters. The molecule has 0 unspecified atom stereocenters. The zero-order valence-electron chi connectivity index (χ0n) is 17.5. The molecule has 0 aliphatic heterocycles. The fourth-order valence-electron chi connectivity index (χ4n) is 4.00. The zero-order chi connectivity index (χ0) is 21.6. The third-order valence-corrected chi connectivity index (χ3v) is 5.83. The number of benzene rings is 2. The van der Waals surface area contributed by atoms with Crippen molar-refractivity contribution in [3.05, 3.63) is 76.8 Å². The average Bonchev–Trinajstić information content (AvgIpc) is 2.80. The number of carbonyl (C=O) groups is 1. The first-order chi connectivity index (χ1) is 15.1. The van der Waals surface area contributed by atoms with Crippen molar-refractivity contribution in [2.75, 3.05) is 6.61 Å². The van der Waals surface area contributed by atoms with Crippen LogP contribution < -0.4 is 4.74 Å². The Morgan fingerprint density at radius 1 is 1.00 bits per heavy atom. The predicted octanol–water partition coefficient (Wildman–Crippen LogP) is 6.08. The molecule has 0 spiro atoms. The van der Waals surface area contributed by atoms with Crippen molar-refractivity contribution in [3.8, 4) is 17.1 Å². The number of nitrogens with zero attached hydrogens (tertiary/aromatic N) is 2. The van der Waals surface area contributed by atoms with Crippen LogP contribution >= 0.6 is 11.6 Å². The second-order valence-corrected chi connectivity index (χ2v) is 8.12. The van der Waals surface area contributed by atoms with Crippen molar-refractivity contribution in [3.63, 3.8) is 0 Å². The Balaban J connectivity index is 1.49. The van der Waals surface area contributed by atoms with Crippen LogP contribution in [0, 0.1) is 0 Å². The molecule has 4 rings (SSSR count). The van der Waals surface area contributed by atoms with Gasteiger partial charge in [0, 0.05) is 10.6 Å². The molecular formula is C25H25ClN2O3. The molecule has 0 radical (unpaired) electrons. The molecule has 1 fully saturated rings. The van der Waals surface area contributed by atoms with Crippen LogP contribution in [0.4, 0.5) is 0 Å². The summed E-state index contributed by atoms with van der Waals surface area (Å²) in [6.45, 7) is 2.06. The standard InChI is InChI=1S/C25H25ClN2O3/c1-2-30-25(29)22-16-23(18-7-4-3-5-8-18)27-28-24(22)31-21-13-11-17(12-14-21)19-9-6-10-20(26)15-19/h3-10,15-17,21H,2,11-14H2,1H3. The van der Waals surface area contributed by atoms with Gasteiger partial charge in [0.1, 0.15) is 11.7 Å². The summed E-state index contributed by atoms with van der Waals surface area (Å²) in [5, 5.41) is 9.31. The van der Waals surface area contributed by atoms with E-state index in [1.54, 1.807) is 13.0 Å². The van der Waals surface area contributed by atoms with Gasteiger partial charge in [-0.1, -0.05) is 54.1 Å².